The topological polar surface area (TPSA) is 0 Å². The molecule has 0 bridgehead atoms. The molecule has 0 aromatic heterocycles. The molecule has 7 aromatic carbocycles. The van der Waals surface area contributed by atoms with Crippen LogP contribution in [0.3, 0.4) is 0 Å². The zero-order valence-electron chi connectivity index (χ0n) is 23.4. The molecule has 0 heterocycles. The van der Waals surface area contributed by atoms with Crippen molar-refractivity contribution in [1.82, 2.24) is 0 Å². The molecule has 0 saturated carbocycles. The highest BCUT2D eigenvalue weighted by Gasteiger charge is 2.35. The summed E-state index contributed by atoms with van der Waals surface area (Å²) in [5, 5.41) is 7.76. The Kier molecular flexibility index (Phi) is 5.86. The molecule has 8 rings (SSSR count). The van der Waals surface area contributed by atoms with E-state index >= 15 is 0 Å². The average Bonchev–Trinajstić information content (AvgIpc) is 3.07. The molecule has 1 atom stereocenters. The summed E-state index contributed by atoms with van der Waals surface area (Å²) in [7, 11) is 0. The van der Waals surface area contributed by atoms with E-state index in [1.165, 1.54) is 65.7 Å². The van der Waals surface area contributed by atoms with Gasteiger partial charge in [-0.15, -0.1) is 0 Å². The van der Waals surface area contributed by atoms with Crippen LogP contribution in [0.2, 0.25) is 0 Å². The third-order valence-corrected chi connectivity index (χ3v) is 8.97. The zero-order valence-corrected chi connectivity index (χ0v) is 23.4. The van der Waals surface area contributed by atoms with Gasteiger partial charge in [0.2, 0.25) is 0 Å². The van der Waals surface area contributed by atoms with E-state index in [1.54, 1.807) is 0 Å². The highest BCUT2D eigenvalue weighted by atomic mass is 14.4. The fourth-order valence-corrected chi connectivity index (χ4v) is 7.01. The van der Waals surface area contributed by atoms with Crippen LogP contribution in [0, 0.1) is 0 Å². The second-order valence-electron chi connectivity index (χ2n) is 11.3. The molecule has 0 saturated heterocycles. The van der Waals surface area contributed by atoms with Crippen molar-refractivity contribution in [1.29, 1.82) is 0 Å². The first-order valence-electron chi connectivity index (χ1n) is 14.8. The minimum Gasteiger partial charge on any atom is -0.0830 e. The van der Waals surface area contributed by atoms with E-state index in [0.29, 0.717) is 0 Å². The fraction of sp³-hybridized carbons (Fsp3) is 0.0476. The Labute approximate surface area is 246 Å². The largest absolute Gasteiger partial charge is 0.0830 e. The van der Waals surface area contributed by atoms with Crippen molar-refractivity contribution < 1.29 is 0 Å². The van der Waals surface area contributed by atoms with Crippen molar-refractivity contribution in [3.8, 4) is 22.3 Å². The maximum atomic E-state index is 2.44. The predicted molar refractivity (Wildman–Crippen MR) is 180 cm³/mol. The van der Waals surface area contributed by atoms with E-state index in [1.807, 2.05) is 0 Å². The van der Waals surface area contributed by atoms with E-state index in [4.69, 9.17) is 0 Å². The Morgan fingerprint density at radius 2 is 1.00 bits per heavy atom. The summed E-state index contributed by atoms with van der Waals surface area (Å²) in [5.74, 6) is 0. The van der Waals surface area contributed by atoms with Gasteiger partial charge in [0.05, 0.1) is 0 Å². The van der Waals surface area contributed by atoms with E-state index in [0.717, 1.165) is 6.42 Å². The molecular weight excluding hydrogens is 504 g/mol. The number of benzene rings is 7. The first-order valence-corrected chi connectivity index (χ1v) is 14.8. The number of hydrogen-bond donors (Lipinski definition) is 0. The van der Waals surface area contributed by atoms with Crippen LogP contribution in [0.5, 0.6) is 0 Å². The molecule has 0 aliphatic heterocycles. The Morgan fingerprint density at radius 3 is 1.67 bits per heavy atom. The summed E-state index contributed by atoms with van der Waals surface area (Å²) in [6, 6.07) is 53.5. The van der Waals surface area contributed by atoms with Crippen LogP contribution in [-0.2, 0) is 5.41 Å². The Balaban J connectivity index is 1.49. The van der Waals surface area contributed by atoms with Crippen LogP contribution < -0.4 is 0 Å². The zero-order chi connectivity index (χ0) is 27.9. The van der Waals surface area contributed by atoms with Gasteiger partial charge in [-0.3, -0.25) is 0 Å². The normalized spacial score (nSPS) is 16.4. The van der Waals surface area contributed by atoms with Crippen LogP contribution in [-0.4, -0.2) is 0 Å². The molecule has 0 heteroatoms. The second kappa shape index (κ2) is 10.0. The highest BCUT2D eigenvalue weighted by molar-refractivity contribution is 6.18. The van der Waals surface area contributed by atoms with E-state index in [9.17, 15) is 0 Å². The molecule has 0 amide bonds. The Bertz CT molecular complexity index is 2130. The highest BCUT2D eigenvalue weighted by Crippen LogP contribution is 2.50. The third kappa shape index (κ3) is 3.91. The lowest BCUT2D eigenvalue weighted by Crippen LogP contribution is -2.26. The summed E-state index contributed by atoms with van der Waals surface area (Å²) in [6.07, 6.45) is 10.1. The van der Waals surface area contributed by atoms with Crippen molar-refractivity contribution in [3.63, 3.8) is 0 Å². The predicted octanol–water partition coefficient (Wildman–Crippen LogP) is 11.3. The number of hydrogen-bond acceptors (Lipinski definition) is 0. The Morgan fingerprint density at radius 1 is 0.429 bits per heavy atom. The number of allylic oxidation sites excluding steroid dienone is 4. The van der Waals surface area contributed by atoms with Gasteiger partial charge in [-0.2, -0.15) is 0 Å². The Hall–Kier alpha value is -5.20. The number of rotatable bonds is 4. The van der Waals surface area contributed by atoms with Gasteiger partial charge in [0.25, 0.3) is 0 Å². The van der Waals surface area contributed by atoms with E-state index in [2.05, 4.69) is 170 Å². The lowest BCUT2D eigenvalue weighted by atomic mass is 9.66. The van der Waals surface area contributed by atoms with E-state index in [-0.39, 0.29) is 5.41 Å². The van der Waals surface area contributed by atoms with Crippen LogP contribution >= 0.6 is 0 Å². The van der Waals surface area contributed by atoms with Gasteiger partial charge in [0, 0.05) is 5.41 Å². The molecule has 0 fully saturated rings. The van der Waals surface area contributed by atoms with Gasteiger partial charge < -0.3 is 0 Å². The maximum Gasteiger partial charge on any atom is 0.0431 e. The summed E-state index contributed by atoms with van der Waals surface area (Å²) >= 11 is 0. The molecule has 0 spiro atoms. The average molecular weight is 535 g/mol. The van der Waals surface area contributed by atoms with Crippen molar-refractivity contribution in [2.24, 2.45) is 0 Å². The number of fused-ring (bicyclic) bond motifs is 3. The van der Waals surface area contributed by atoms with Crippen LogP contribution in [0.15, 0.2) is 170 Å². The second-order valence-corrected chi connectivity index (χ2v) is 11.3. The lowest BCUT2D eigenvalue weighted by Gasteiger charge is -2.36. The summed E-state index contributed by atoms with van der Waals surface area (Å²) in [5.41, 5.74) is 7.43. The van der Waals surface area contributed by atoms with Crippen molar-refractivity contribution in [2.75, 3.05) is 0 Å². The first kappa shape index (κ1) is 24.6. The molecule has 0 N–H and O–H groups in total. The molecule has 0 nitrogen and oxygen atoms in total. The van der Waals surface area contributed by atoms with Crippen molar-refractivity contribution >= 4 is 32.3 Å². The lowest BCUT2D eigenvalue weighted by molar-refractivity contribution is 0.659. The quantitative estimate of drug-likeness (QED) is 0.197. The van der Waals surface area contributed by atoms with Crippen molar-refractivity contribution in [2.45, 2.75) is 11.8 Å². The van der Waals surface area contributed by atoms with Crippen LogP contribution in [0.25, 0.3) is 54.6 Å². The molecule has 198 valence electrons. The smallest absolute Gasteiger partial charge is 0.0431 e. The fourth-order valence-electron chi connectivity index (χ4n) is 7.01. The minimum absolute atomic E-state index is 0.306. The first-order chi connectivity index (χ1) is 20.8. The van der Waals surface area contributed by atoms with E-state index < -0.39 is 0 Å². The van der Waals surface area contributed by atoms with Crippen molar-refractivity contribution in [3.05, 3.63) is 181 Å². The summed E-state index contributed by atoms with van der Waals surface area (Å²) in [4.78, 5) is 0. The summed E-state index contributed by atoms with van der Waals surface area (Å²) in [6.45, 7) is 0. The molecular formula is C42H30. The molecule has 1 unspecified atom stereocenters. The standard InChI is InChI=1S/C42H30/c1-4-14-30(15-5-1)31-22-24-35(25-23-31)42(26-12-3-13-27-42)41-37-21-11-10-20-36(37)40(32-16-6-2-7-17-32)38-28-33-18-8-9-19-34(33)29-39(38)41/h1-26,28-29H,27H2. The molecule has 42 heavy (non-hydrogen) atoms. The van der Waals surface area contributed by atoms with Gasteiger partial charge >= 0.3 is 0 Å². The minimum atomic E-state index is -0.306. The van der Waals surface area contributed by atoms with Crippen LogP contribution in [0.4, 0.5) is 0 Å². The molecule has 0 radical (unpaired) electrons. The SMILES string of the molecule is C1=CCC(c2ccc(-c3ccccc3)cc2)(c2c3ccccc3c(-c3ccccc3)c3cc4ccccc4cc23)C=C1. The summed E-state index contributed by atoms with van der Waals surface area (Å²) < 4.78 is 0. The maximum absolute atomic E-state index is 2.44. The molecule has 7 aromatic rings. The van der Waals surface area contributed by atoms with Gasteiger partial charge in [0.1, 0.15) is 0 Å². The molecule has 1 aliphatic rings. The van der Waals surface area contributed by atoms with Crippen LogP contribution in [0.1, 0.15) is 17.5 Å². The third-order valence-electron chi connectivity index (χ3n) is 8.97. The van der Waals surface area contributed by atoms with Gasteiger partial charge in [-0.05, 0) is 84.3 Å². The molecule has 1 aliphatic carbocycles. The van der Waals surface area contributed by atoms with Gasteiger partial charge in [0.15, 0.2) is 0 Å². The monoisotopic (exact) mass is 534 g/mol. The van der Waals surface area contributed by atoms with Gasteiger partial charge in [-0.1, -0.05) is 158 Å². The van der Waals surface area contributed by atoms with Gasteiger partial charge in [-0.25, -0.2) is 0 Å².